The molecule has 3 N–H and O–H groups in total. The summed E-state index contributed by atoms with van der Waals surface area (Å²) in [7, 11) is 0. The minimum absolute atomic E-state index is 0.110. The summed E-state index contributed by atoms with van der Waals surface area (Å²) in [6, 6.07) is 5.40. The smallest absolute Gasteiger partial charge is 0.0658 e. The van der Waals surface area contributed by atoms with Gasteiger partial charge in [0.1, 0.15) is 0 Å². The molecule has 0 bridgehead atoms. The Morgan fingerprint density at radius 1 is 1.40 bits per heavy atom. The topological polar surface area (TPSA) is 38.0 Å². The fourth-order valence-corrected chi connectivity index (χ4v) is 1.75. The van der Waals surface area contributed by atoms with Gasteiger partial charge in [-0.3, -0.25) is 5.84 Å². The Morgan fingerprint density at radius 3 is 2.60 bits per heavy atom. The van der Waals surface area contributed by atoms with Crippen LogP contribution < -0.4 is 11.3 Å². The lowest BCUT2D eigenvalue weighted by Gasteiger charge is -2.15. The van der Waals surface area contributed by atoms with Crippen LogP contribution in [0.1, 0.15) is 25.5 Å². The summed E-state index contributed by atoms with van der Waals surface area (Å²) in [5.74, 6) is 5.48. The van der Waals surface area contributed by atoms with Crippen LogP contribution in [-0.4, -0.2) is 0 Å². The molecule has 0 saturated carbocycles. The third-order valence-electron chi connectivity index (χ3n) is 2.00. The van der Waals surface area contributed by atoms with Crippen LogP contribution in [0.3, 0.4) is 0 Å². The highest BCUT2D eigenvalue weighted by Crippen LogP contribution is 2.30. The van der Waals surface area contributed by atoms with E-state index < -0.39 is 0 Å². The number of nitrogens with one attached hydrogen (secondary N) is 1. The zero-order valence-electron chi connectivity index (χ0n) is 8.72. The first-order chi connectivity index (χ1) is 7.06. The van der Waals surface area contributed by atoms with Crippen molar-refractivity contribution in [3.63, 3.8) is 0 Å². The van der Waals surface area contributed by atoms with Crippen LogP contribution in [0.15, 0.2) is 29.8 Å². The van der Waals surface area contributed by atoms with Gasteiger partial charge in [-0.05, 0) is 25.5 Å². The van der Waals surface area contributed by atoms with Crippen molar-refractivity contribution < 1.29 is 0 Å². The van der Waals surface area contributed by atoms with Gasteiger partial charge in [-0.15, -0.1) is 0 Å². The second kappa shape index (κ2) is 5.52. The van der Waals surface area contributed by atoms with Crippen LogP contribution in [0.25, 0.3) is 0 Å². The molecule has 1 atom stereocenters. The molecular weight excluding hydrogens is 231 g/mol. The van der Waals surface area contributed by atoms with Crippen molar-refractivity contribution in [1.82, 2.24) is 5.43 Å². The summed E-state index contributed by atoms with van der Waals surface area (Å²) in [6.45, 7) is 4.01. The van der Waals surface area contributed by atoms with Crippen molar-refractivity contribution in [2.75, 3.05) is 0 Å². The summed E-state index contributed by atoms with van der Waals surface area (Å²) >= 11 is 12.0. The molecule has 0 aliphatic carbocycles. The number of hydrogen-bond donors (Lipinski definition) is 2. The predicted molar refractivity (Wildman–Crippen MR) is 66.0 cm³/mol. The first kappa shape index (κ1) is 12.5. The van der Waals surface area contributed by atoms with Crippen molar-refractivity contribution in [1.29, 1.82) is 0 Å². The quantitative estimate of drug-likeness (QED) is 0.486. The molecule has 0 amide bonds. The lowest BCUT2D eigenvalue weighted by atomic mass is 10.1. The minimum Gasteiger partial charge on any atom is -0.271 e. The number of halogens is 2. The van der Waals surface area contributed by atoms with E-state index >= 15 is 0 Å². The molecule has 0 radical (unpaired) electrons. The van der Waals surface area contributed by atoms with Crippen molar-refractivity contribution in [3.05, 3.63) is 45.5 Å². The van der Waals surface area contributed by atoms with Crippen LogP contribution in [0.4, 0.5) is 0 Å². The van der Waals surface area contributed by atoms with Crippen LogP contribution in [0, 0.1) is 0 Å². The molecule has 0 heterocycles. The van der Waals surface area contributed by atoms with E-state index in [1.165, 1.54) is 0 Å². The van der Waals surface area contributed by atoms with Gasteiger partial charge in [0.2, 0.25) is 0 Å². The van der Waals surface area contributed by atoms with Gasteiger partial charge in [0.25, 0.3) is 0 Å². The maximum absolute atomic E-state index is 6.09. The Balaban J connectivity index is 3.13. The molecule has 0 aliphatic heterocycles. The lowest BCUT2D eigenvalue weighted by molar-refractivity contribution is 0.652. The molecule has 0 aromatic heterocycles. The molecule has 2 nitrogen and oxygen atoms in total. The van der Waals surface area contributed by atoms with Crippen molar-refractivity contribution >= 4 is 23.2 Å². The van der Waals surface area contributed by atoms with E-state index in [9.17, 15) is 0 Å². The van der Waals surface area contributed by atoms with E-state index in [1.54, 1.807) is 6.07 Å². The second-order valence-electron chi connectivity index (χ2n) is 3.53. The molecular formula is C11H14Cl2N2. The Hall–Kier alpha value is -0.540. The SMILES string of the molecule is CC(C)=CC(NN)c1cccc(Cl)c1Cl. The second-order valence-corrected chi connectivity index (χ2v) is 4.32. The summed E-state index contributed by atoms with van der Waals surface area (Å²) in [4.78, 5) is 0. The van der Waals surface area contributed by atoms with E-state index in [-0.39, 0.29) is 6.04 Å². The molecule has 0 spiro atoms. The minimum atomic E-state index is -0.110. The van der Waals surface area contributed by atoms with E-state index in [2.05, 4.69) is 5.43 Å². The van der Waals surface area contributed by atoms with E-state index in [0.717, 1.165) is 11.1 Å². The lowest BCUT2D eigenvalue weighted by Crippen LogP contribution is -2.27. The van der Waals surface area contributed by atoms with Crippen LogP contribution in [0.5, 0.6) is 0 Å². The van der Waals surface area contributed by atoms with Gasteiger partial charge in [0, 0.05) is 0 Å². The fraction of sp³-hybridized carbons (Fsp3) is 0.273. The van der Waals surface area contributed by atoms with Crippen molar-refractivity contribution in [3.8, 4) is 0 Å². The van der Waals surface area contributed by atoms with E-state index in [0.29, 0.717) is 10.0 Å². The third kappa shape index (κ3) is 3.21. The highest BCUT2D eigenvalue weighted by Gasteiger charge is 2.12. The largest absolute Gasteiger partial charge is 0.271 e. The maximum atomic E-state index is 6.09. The Bertz CT molecular complexity index is 371. The highest BCUT2D eigenvalue weighted by molar-refractivity contribution is 6.42. The molecule has 1 rings (SSSR count). The Morgan fingerprint density at radius 2 is 2.07 bits per heavy atom. The number of hydrogen-bond acceptors (Lipinski definition) is 2. The van der Waals surface area contributed by atoms with Crippen LogP contribution in [0.2, 0.25) is 10.0 Å². The van der Waals surface area contributed by atoms with Gasteiger partial charge in [0.15, 0.2) is 0 Å². The molecule has 0 saturated heterocycles. The zero-order chi connectivity index (χ0) is 11.4. The molecule has 1 aromatic carbocycles. The normalized spacial score (nSPS) is 12.3. The van der Waals surface area contributed by atoms with Gasteiger partial charge in [-0.2, -0.15) is 0 Å². The Labute approximate surface area is 100 Å². The van der Waals surface area contributed by atoms with Gasteiger partial charge in [0.05, 0.1) is 16.1 Å². The van der Waals surface area contributed by atoms with E-state index in [4.69, 9.17) is 29.0 Å². The summed E-state index contributed by atoms with van der Waals surface area (Å²) in [6.07, 6.45) is 2.00. The molecule has 0 aliphatic rings. The van der Waals surface area contributed by atoms with Gasteiger partial charge < -0.3 is 0 Å². The fourth-order valence-electron chi connectivity index (χ4n) is 1.32. The molecule has 0 fully saturated rings. The van der Waals surface area contributed by atoms with Crippen LogP contribution in [-0.2, 0) is 0 Å². The Kier molecular flexibility index (Phi) is 4.61. The standard InChI is InChI=1S/C11H14Cl2N2/c1-7(2)6-10(15-14)8-4-3-5-9(12)11(8)13/h3-6,10,15H,14H2,1-2H3. The average Bonchev–Trinajstić information content (AvgIpc) is 2.19. The summed E-state index contributed by atoms with van der Waals surface area (Å²) in [5, 5.41) is 1.08. The van der Waals surface area contributed by atoms with Crippen molar-refractivity contribution in [2.24, 2.45) is 5.84 Å². The monoisotopic (exact) mass is 244 g/mol. The number of benzene rings is 1. The number of allylic oxidation sites excluding steroid dienone is 1. The number of nitrogens with two attached hydrogens (primary N) is 1. The first-order valence-corrected chi connectivity index (χ1v) is 5.37. The van der Waals surface area contributed by atoms with Gasteiger partial charge in [-0.1, -0.05) is 47.0 Å². The van der Waals surface area contributed by atoms with Gasteiger partial charge in [-0.25, -0.2) is 5.43 Å². The average molecular weight is 245 g/mol. The van der Waals surface area contributed by atoms with Gasteiger partial charge >= 0.3 is 0 Å². The third-order valence-corrected chi connectivity index (χ3v) is 2.83. The van der Waals surface area contributed by atoms with Crippen LogP contribution >= 0.6 is 23.2 Å². The van der Waals surface area contributed by atoms with Crippen molar-refractivity contribution in [2.45, 2.75) is 19.9 Å². The molecule has 1 unspecified atom stereocenters. The molecule has 1 aromatic rings. The summed E-state index contributed by atoms with van der Waals surface area (Å²) in [5.41, 5.74) is 4.74. The summed E-state index contributed by atoms with van der Waals surface area (Å²) < 4.78 is 0. The highest BCUT2D eigenvalue weighted by atomic mass is 35.5. The van der Waals surface area contributed by atoms with E-state index in [1.807, 2.05) is 32.1 Å². The maximum Gasteiger partial charge on any atom is 0.0658 e. The predicted octanol–water partition coefficient (Wildman–Crippen LogP) is 3.46. The molecule has 15 heavy (non-hydrogen) atoms. The number of hydrazine groups is 1. The number of rotatable bonds is 3. The molecule has 82 valence electrons. The zero-order valence-corrected chi connectivity index (χ0v) is 10.2. The first-order valence-electron chi connectivity index (χ1n) is 4.61. The molecule has 4 heteroatoms.